The first kappa shape index (κ1) is 6.21. The minimum absolute atomic E-state index is 0.904. The zero-order chi connectivity index (χ0) is 6.97. The molecule has 0 aliphatic heterocycles. The van der Waals surface area contributed by atoms with Crippen LogP contribution in [0.15, 0.2) is 23.8 Å². The van der Waals surface area contributed by atoms with Crippen LogP contribution in [0.1, 0.15) is 32.1 Å². The van der Waals surface area contributed by atoms with Gasteiger partial charge >= 0.3 is 0 Å². The van der Waals surface area contributed by atoms with Gasteiger partial charge in [0.25, 0.3) is 0 Å². The van der Waals surface area contributed by atoms with Crippen molar-refractivity contribution in [2.24, 2.45) is 5.92 Å². The summed E-state index contributed by atoms with van der Waals surface area (Å²) >= 11 is 0. The molecule has 0 saturated heterocycles. The summed E-state index contributed by atoms with van der Waals surface area (Å²) < 4.78 is 0. The fraction of sp³-hybridized carbons (Fsp3) is 0.600. The van der Waals surface area contributed by atoms with Crippen LogP contribution in [0.5, 0.6) is 0 Å². The van der Waals surface area contributed by atoms with Gasteiger partial charge in [0.15, 0.2) is 0 Å². The lowest BCUT2D eigenvalue weighted by molar-refractivity contribution is 0.501. The smallest absolute Gasteiger partial charge is 0.0160 e. The van der Waals surface area contributed by atoms with E-state index in [1.54, 1.807) is 5.57 Å². The van der Waals surface area contributed by atoms with Crippen LogP contribution in [0.4, 0.5) is 0 Å². The van der Waals surface area contributed by atoms with E-state index in [0.717, 1.165) is 5.92 Å². The maximum absolute atomic E-state index is 4.09. The summed E-state index contributed by atoms with van der Waals surface area (Å²) in [5.41, 5.74) is 3.03. The van der Waals surface area contributed by atoms with E-state index < -0.39 is 0 Å². The molecule has 0 N–H and O–H groups in total. The first-order chi connectivity index (χ1) is 4.88. The first-order valence-electron chi connectivity index (χ1n) is 4.26. The maximum atomic E-state index is 4.09. The van der Waals surface area contributed by atoms with E-state index in [4.69, 9.17) is 0 Å². The molecule has 1 unspecified atom stereocenters. The van der Waals surface area contributed by atoms with E-state index >= 15 is 0 Å². The predicted octanol–water partition coefficient (Wildman–Crippen LogP) is 3.06. The molecule has 0 heteroatoms. The molecule has 2 aliphatic carbocycles. The average Bonchev–Trinajstić information content (AvgIpc) is 2.36. The standard InChI is InChI=1S/C10H14/c1-8-4-2-5-9-6-3-7-10(8)9/h7,9H,1-6H2. The molecule has 54 valence electrons. The normalized spacial score (nSPS) is 31.8. The number of fused-ring (bicyclic) bond motifs is 1. The van der Waals surface area contributed by atoms with Crippen LogP contribution in [0.3, 0.4) is 0 Å². The van der Waals surface area contributed by atoms with Gasteiger partial charge in [-0.25, -0.2) is 0 Å². The fourth-order valence-electron chi connectivity index (χ4n) is 2.20. The van der Waals surface area contributed by atoms with Gasteiger partial charge in [-0.1, -0.05) is 18.2 Å². The molecule has 2 rings (SSSR count). The predicted molar refractivity (Wildman–Crippen MR) is 43.8 cm³/mol. The number of rotatable bonds is 0. The van der Waals surface area contributed by atoms with Crippen molar-refractivity contribution in [2.45, 2.75) is 32.1 Å². The summed E-state index contributed by atoms with van der Waals surface area (Å²) in [6.45, 7) is 4.09. The second-order valence-electron chi connectivity index (χ2n) is 3.43. The van der Waals surface area contributed by atoms with Crippen molar-refractivity contribution in [3.8, 4) is 0 Å². The summed E-state index contributed by atoms with van der Waals surface area (Å²) in [7, 11) is 0. The Morgan fingerprint density at radius 3 is 3.10 bits per heavy atom. The molecular weight excluding hydrogens is 120 g/mol. The van der Waals surface area contributed by atoms with Crippen molar-refractivity contribution in [3.63, 3.8) is 0 Å². The Balaban J connectivity index is 2.22. The number of allylic oxidation sites excluding steroid dienone is 3. The van der Waals surface area contributed by atoms with Crippen molar-refractivity contribution >= 4 is 0 Å². The molecule has 0 heterocycles. The highest BCUT2D eigenvalue weighted by Crippen LogP contribution is 2.39. The molecule has 0 amide bonds. The number of hydrogen-bond acceptors (Lipinski definition) is 0. The van der Waals surface area contributed by atoms with E-state index in [0.29, 0.717) is 0 Å². The summed E-state index contributed by atoms with van der Waals surface area (Å²) in [5, 5.41) is 0. The molecular formula is C10H14. The third kappa shape index (κ3) is 0.828. The van der Waals surface area contributed by atoms with Crippen molar-refractivity contribution in [3.05, 3.63) is 23.8 Å². The summed E-state index contributed by atoms with van der Waals surface area (Å²) in [6, 6.07) is 0. The van der Waals surface area contributed by atoms with Crippen LogP contribution in [-0.4, -0.2) is 0 Å². The Morgan fingerprint density at radius 2 is 2.30 bits per heavy atom. The fourth-order valence-corrected chi connectivity index (χ4v) is 2.20. The Morgan fingerprint density at radius 1 is 1.40 bits per heavy atom. The molecule has 0 aromatic carbocycles. The average molecular weight is 134 g/mol. The van der Waals surface area contributed by atoms with Gasteiger partial charge in [-0.2, -0.15) is 0 Å². The molecule has 0 aromatic heterocycles. The van der Waals surface area contributed by atoms with E-state index in [9.17, 15) is 0 Å². The largest absolute Gasteiger partial charge is 0.0956 e. The summed E-state index contributed by atoms with van der Waals surface area (Å²) in [6.07, 6.45) is 9.15. The van der Waals surface area contributed by atoms with Crippen molar-refractivity contribution < 1.29 is 0 Å². The van der Waals surface area contributed by atoms with Crippen LogP contribution in [0.2, 0.25) is 0 Å². The number of hydrogen-bond donors (Lipinski definition) is 0. The van der Waals surface area contributed by atoms with Gasteiger partial charge in [-0.05, 0) is 43.6 Å². The molecule has 10 heavy (non-hydrogen) atoms. The van der Waals surface area contributed by atoms with Crippen LogP contribution in [0, 0.1) is 5.92 Å². The van der Waals surface area contributed by atoms with Crippen LogP contribution in [0.25, 0.3) is 0 Å². The second-order valence-corrected chi connectivity index (χ2v) is 3.43. The Labute approximate surface area is 62.6 Å². The van der Waals surface area contributed by atoms with E-state index in [2.05, 4.69) is 12.7 Å². The molecule has 0 radical (unpaired) electrons. The van der Waals surface area contributed by atoms with Crippen LogP contribution >= 0.6 is 0 Å². The van der Waals surface area contributed by atoms with Crippen LogP contribution < -0.4 is 0 Å². The van der Waals surface area contributed by atoms with Crippen molar-refractivity contribution in [1.82, 2.24) is 0 Å². The Bertz CT molecular complexity index is 186. The van der Waals surface area contributed by atoms with Crippen molar-refractivity contribution in [1.29, 1.82) is 0 Å². The van der Waals surface area contributed by atoms with E-state index in [1.165, 1.54) is 37.7 Å². The monoisotopic (exact) mass is 134 g/mol. The van der Waals surface area contributed by atoms with Crippen LogP contribution in [-0.2, 0) is 0 Å². The second kappa shape index (κ2) is 2.26. The zero-order valence-corrected chi connectivity index (χ0v) is 6.40. The highest BCUT2D eigenvalue weighted by molar-refractivity contribution is 5.35. The van der Waals surface area contributed by atoms with Crippen molar-refractivity contribution in [2.75, 3.05) is 0 Å². The SMILES string of the molecule is C=C1CCCC2CCC=C12. The molecule has 1 fully saturated rings. The molecule has 0 spiro atoms. The lowest BCUT2D eigenvalue weighted by Gasteiger charge is -2.22. The third-order valence-electron chi connectivity index (χ3n) is 2.76. The van der Waals surface area contributed by atoms with Gasteiger partial charge in [0.2, 0.25) is 0 Å². The van der Waals surface area contributed by atoms with Gasteiger partial charge < -0.3 is 0 Å². The lowest BCUT2D eigenvalue weighted by Crippen LogP contribution is -2.07. The van der Waals surface area contributed by atoms with Gasteiger partial charge in [0.05, 0.1) is 0 Å². The Kier molecular flexibility index (Phi) is 1.40. The third-order valence-corrected chi connectivity index (χ3v) is 2.76. The molecule has 0 aromatic rings. The van der Waals surface area contributed by atoms with E-state index in [-0.39, 0.29) is 0 Å². The van der Waals surface area contributed by atoms with Gasteiger partial charge in [0, 0.05) is 0 Å². The quantitative estimate of drug-likeness (QED) is 0.477. The minimum Gasteiger partial charge on any atom is -0.0956 e. The topological polar surface area (TPSA) is 0 Å². The Hall–Kier alpha value is -0.520. The lowest BCUT2D eigenvalue weighted by atomic mass is 9.83. The molecule has 1 saturated carbocycles. The zero-order valence-electron chi connectivity index (χ0n) is 6.40. The summed E-state index contributed by atoms with van der Waals surface area (Å²) in [4.78, 5) is 0. The minimum atomic E-state index is 0.904. The van der Waals surface area contributed by atoms with Gasteiger partial charge in [-0.15, -0.1) is 0 Å². The highest BCUT2D eigenvalue weighted by Gasteiger charge is 2.24. The molecule has 1 atom stereocenters. The molecule has 0 bridgehead atoms. The summed E-state index contributed by atoms with van der Waals surface area (Å²) in [5.74, 6) is 0.904. The van der Waals surface area contributed by atoms with Gasteiger partial charge in [0.1, 0.15) is 0 Å². The van der Waals surface area contributed by atoms with E-state index in [1.807, 2.05) is 0 Å². The molecule has 0 nitrogen and oxygen atoms in total. The first-order valence-corrected chi connectivity index (χ1v) is 4.26. The molecule has 2 aliphatic rings. The highest BCUT2D eigenvalue weighted by atomic mass is 14.3. The maximum Gasteiger partial charge on any atom is -0.0160 e. The van der Waals surface area contributed by atoms with Gasteiger partial charge in [-0.3, -0.25) is 0 Å².